The van der Waals surface area contributed by atoms with Gasteiger partial charge in [0.25, 0.3) is 5.56 Å². The molecular formula is C14H25N3O. The second-order valence-electron chi connectivity index (χ2n) is 4.94. The molecule has 0 aromatic carbocycles. The van der Waals surface area contributed by atoms with Crippen molar-refractivity contribution < 1.29 is 0 Å². The van der Waals surface area contributed by atoms with Gasteiger partial charge in [0.05, 0.1) is 12.2 Å². The molecule has 0 radical (unpaired) electrons. The van der Waals surface area contributed by atoms with E-state index < -0.39 is 0 Å². The first-order valence-electron chi connectivity index (χ1n) is 6.86. The van der Waals surface area contributed by atoms with E-state index >= 15 is 0 Å². The average Bonchev–Trinajstić information content (AvgIpc) is 2.37. The molecule has 0 saturated carbocycles. The van der Waals surface area contributed by atoms with Crippen LogP contribution in [0.1, 0.15) is 39.3 Å². The second-order valence-corrected chi connectivity index (χ2v) is 4.94. The van der Waals surface area contributed by atoms with Gasteiger partial charge < -0.3 is 5.32 Å². The van der Waals surface area contributed by atoms with Crippen molar-refractivity contribution in [2.24, 2.45) is 5.92 Å². The second kappa shape index (κ2) is 7.31. The van der Waals surface area contributed by atoms with Gasteiger partial charge in [0.15, 0.2) is 0 Å². The maximum atomic E-state index is 11.8. The van der Waals surface area contributed by atoms with Gasteiger partial charge in [0, 0.05) is 12.1 Å². The molecule has 0 aliphatic heterocycles. The number of nitrogens with one attached hydrogen (secondary N) is 1. The molecule has 1 N–H and O–H groups in total. The summed E-state index contributed by atoms with van der Waals surface area (Å²) < 4.78 is 1.58. The number of rotatable bonds is 7. The molecule has 102 valence electrons. The normalized spacial score (nSPS) is 14.4. The zero-order chi connectivity index (χ0) is 13.5. The molecule has 1 rings (SSSR count). The molecule has 0 aliphatic carbocycles. The maximum absolute atomic E-state index is 11.8. The molecule has 0 spiro atoms. The Morgan fingerprint density at radius 2 is 2.11 bits per heavy atom. The van der Waals surface area contributed by atoms with E-state index in [2.05, 4.69) is 31.2 Å². The Bertz CT molecular complexity index is 414. The van der Waals surface area contributed by atoms with Crippen LogP contribution >= 0.6 is 0 Å². The number of hydrogen-bond acceptors (Lipinski definition) is 3. The molecule has 2 atom stereocenters. The molecule has 0 saturated heterocycles. The van der Waals surface area contributed by atoms with E-state index in [1.54, 1.807) is 16.8 Å². The van der Waals surface area contributed by atoms with Crippen LogP contribution in [0.3, 0.4) is 0 Å². The van der Waals surface area contributed by atoms with Crippen molar-refractivity contribution in [2.45, 2.75) is 53.1 Å². The average molecular weight is 251 g/mol. The van der Waals surface area contributed by atoms with Gasteiger partial charge in [0.2, 0.25) is 0 Å². The topological polar surface area (TPSA) is 46.9 Å². The zero-order valence-electron chi connectivity index (χ0n) is 11.9. The minimum Gasteiger partial charge on any atom is -0.312 e. The standard InChI is InChI=1S/C14H25N3O/c1-5-9-15-13(11(3)6-2)10-17-14(18)8-7-12(4)16-17/h7-8,11,13,15H,5-6,9-10H2,1-4H3. The van der Waals surface area contributed by atoms with Crippen molar-refractivity contribution in [3.63, 3.8) is 0 Å². The highest BCUT2D eigenvalue weighted by Gasteiger charge is 2.16. The third kappa shape index (κ3) is 4.26. The largest absolute Gasteiger partial charge is 0.312 e. The first-order chi connectivity index (χ1) is 8.58. The molecule has 0 aliphatic rings. The molecular weight excluding hydrogens is 226 g/mol. The van der Waals surface area contributed by atoms with Crippen LogP contribution in [0, 0.1) is 12.8 Å². The van der Waals surface area contributed by atoms with Crippen molar-refractivity contribution in [3.05, 3.63) is 28.2 Å². The third-order valence-corrected chi connectivity index (χ3v) is 3.36. The summed E-state index contributed by atoms with van der Waals surface area (Å²) in [6.07, 6.45) is 2.20. The summed E-state index contributed by atoms with van der Waals surface area (Å²) in [5.41, 5.74) is 0.861. The van der Waals surface area contributed by atoms with Gasteiger partial charge in [-0.3, -0.25) is 4.79 Å². The van der Waals surface area contributed by atoms with Crippen molar-refractivity contribution in [1.82, 2.24) is 15.1 Å². The molecule has 2 unspecified atom stereocenters. The number of aryl methyl sites for hydroxylation is 1. The Hall–Kier alpha value is -1.16. The van der Waals surface area contributed by atoms with Gasteiger partial charge in [-0.15, -0.1) is 0 Å². The molecule has 0 bridgehead atoms. The lowest BCUT2D eigenvalue weighted by Crippen LogP contribution is -2.42. The van der Waals surface area contributed by atoms with Gasteiger partial charge in [-0.25, -0.2) is 4.68 Å². The van der Waals surface area contributed by atoms with Crippen LogP contribution in [0.5, 0.6) is 0 Å². The van der Waals surface area contributed by atoms with Crippen LogP contribution in [-0.2, 0) is 6.54 Å². The van der Waals surface area contributed by atoms with E-state index in [9.17, 15) is 4.79 Å². The predicted molar refractivity (Wildman–Crippen MR) is 74.8 cm³/mol. The lowest BCUT2D eigenvalue weighted by atomic mass is 9.99. The first-order valence-corrected chi connectivity index (χ1v) is 6.86. The molecule has 4 heteroatoms. The Morgan fingerprint density at radius 3 is 2.72 bits per heavy atom. The third-order valence-electron chi connectivity index (χ3n) is 3.36. The minimum atomic E-state index is -0.0211. The van der Waals surface area contributed by atoms with Gasteiger partial charge >= 0.3 is 0 Å². The molecule has 1 aromatic heterocycles. The molecule has 4 nitrogen and oxygen atoms in total. The summed E-state index contributed by atoms with van der Waals surface area (Å²) in [5.74, 6) is 0.533. The number of aromatic nitrogens is 2. The minimum absolute atomic E-state index is 0.0211. The maximum Gasteiger partial charge on any atom is 0.266 e. The van der Waals surface area contributed by atoms with Crippen molar-refractivity contribution in [1.29, 1.82) is 0 Å². The summed E-state index contributed by atoms with van der Waals surface area (Å²) in [4.78, 5) is 11.8. The Morgan fingerprint density at radius 1 is 1.39 bits per heavy atom. The summed E-state index contributed by atoms with van der Waals surface area (Å²) in [7, 11) is 0. The highest BCUT2D eigenvalue weighted by atomic mass is 16.1. The molecule has 0 fully saturated rings. The quantitative estimate of drug-likeness (QED) is 0.806. The lowest BCUT2D eigenvalue weighted by Gasteiger charge is -2.24. The predicted octanol–water partition coefficient (Wildman–Crippen LogP) is 1.97. The summed E-state index contributed by atoms with van der Waals surface area (Å²) in [6, 6.07) is 3.66. The smallest absolute Gasteiger partial charge is 0.266 e. The van der Waals surface area contributed by atoms with Gasteiger partial charge in [-0.1, -0.05) is 27.2 Å². The Labute approximate surface area is 109 Å². The van der Waals surface area contributed by atoms with Gasteiger partial charge in [-0.2, -0.15) is 5.10 Å². The monoisotopic (exact) mass is 251 g/mol. The molecule has 18 heavy (non-hydrogen) atoms. The summed E-state index contributed by atoms with van der Waals surface area (Å²) in [5, 5.41) is 7.82. The molecule has 1 heterocycles. The van der Waals surface area contributed by atoms with Gasteiger partial charge in [-0.05, 0) is 31.9 Å². The SMILES string of the molecule is CCCNC(Cn1nc(C)ccc1=O)C(C)CC. The van der Waals surface area contributed by atoms with E-state index in [4.69, 9.17) is 0 Å². The fraction of sp³-hybridized carbons (Fsp3) is 0.714. The van der Waals surface area contributed by atoms with Gasteiger partial charge in [0.1, 0.15) is 0 Å². The summed E-state index contributed by atoms with van der Waals surface area (Å²) >= 11 is 0. The van der Waals surface area contributed by atoms with Crippen LogP contribution in [0.15, 0.2) is 16.9 Å². The lowest BCUT2D eigenvalue weighted by molar-refractivity contribution is 0.313. The van der Waals surface area contributed by atoms with Crippen molar-refractivity contribution in [2.75, 3.05) is 6.54 Å². The van der Waals surface area contributed by atoms with Crippen LogP contribution < -0.4 is 10.9 Å². The van der Waals surface area contributed by atoms with E-state index in [1.165, 1.54) is 0 Å². The fourth-order valence-corrected chi connectivity index (χ4v) is 1.93. The highest BCUT2D eigenvalue weighted by Crippen LogP contribution is 2.09. The van der Waals surface area contributed by atoms with Crippen LogP contribution in [0.25, 0.3) is 0 Å². The summed E-state index contributed by atoms with van der Waals surface area (Å²) in [6.45, 7) is 10.1. The zero-order valence-corrected chi connectivity index (χ0v) is 11.9. The van der Waals surface area contributed by atoms with E-state index in [0.29, 0.717) is 18.5 Å². The molecule has 0 amide bonds. The van der Waals surface area contributed by atoms with Crippen LogP contribution in [0.2, 0.25) is 0 Å². The van der Waals surface area contributed by atoms with Crippen molar-refractivity contribution >= 4 is 0 Å². The molecule has 1 aromatic rings. The number of hydrogen-bond donors (Lipinski definition) is 1. The van der Waals surface area contributed by atoms with Crippen LogP contribution in [-0.4, -0.2) is 22.4 Å². The Kier molecular flexibility index (Phi) is 6.05. The van der Waals surface area contributed by atoms with Crippen LogP contribution in [0.4, 0.5) is 0 Å². The van der Waals surface area contributed by atoms with E-state index in [0.717, 1.165) is 25.1 Å². The number of nitrogens with zero attached hydrogens (tertiary/aromatic N) is 2. The first kappa shape index (κ1) is 14.9. The fourth-order valence-electron chi connectivity index (χ4n) is 1.93. The van der Waals surface area contributed by atoms with E-state index in [1.807, 2.05) is 6.92 Å². The highest BCUT2D eigenvalue weighted by molar-refractivity contribution is 4.97. The Balaban J connectivity index is 2.81. The van der Waals surface area contributed by atoms with Crippen molar-refractivity contribution in [3.8, 4) is 0 Å². The van der Waals surface area contributed by atoms with E-state index in [-0.39, 0.29) is 5.56 Å².